The fourth-order valence-electron chi connectivity index (χ4n) is 6.75. The summed E-state index contributed by atoms with van der Waals surface area (Å²) in [5.41, 5.74) is 2.56. The molecule has 7 atom stereocenters. The highest BCUT2D eigenvalue weighted by molar-refractivity contribution is 5.26. The van der Waals surface area contributed by atoms with Gasteiger partial charge in [0.25, 0.3) is 0 Å². The van der Waals surface area contributed by atoms with Gasteiger partial charge in [0.2, 0.25) is 0 Å². The van der Waals surface area contributed by atoms with E-state index in [2.05, 4.69) is 40.7 Å². The van der Waals surface area contributed by atoms with Crippen molar-refractivity contribution in [3.05, 3.63) is 11.6 Å². The van der Waals surface area contributed by atoms with Crippen molar-refractivity contribution in [1.29, 1.82) is 0 Å². The molecule has 0 heterocycles. The second-order valence-electron chi connectivity index (χ2n) is 10.2. The summed E-state index contributed by atoms with van der Waals surface area (Å²) in [6.45, 7) is 12.2. The molecule has 0 heteroatoms. The minimum absolute atomic E-state index is 0.679. The summed E-state index contributed by atoms with van der Waals surface area (Å²) in [6, 6.07) is 0. The zero-order valence-corrected chi connectivity index (χ0v) is 17.8. The molecule has 1 spiro atoms. The van der Waals surface area contributed by atoms with Gasteiger partial charge in [0, 0.05) is 0 Å². The Balaban J connectivity index is 1.44. The smallest absolute Gasteiger partial charge is 0.00821 e. The number of unbranched alkanes of at least 4 members (excludes halogenated alkanes) is 2. The van der Waals surface area contributed by atoms with Crippen LogP contribution in [-0.4, -0.2) is 0 Å². The Morgan fingerprint density at radius 1 is 1.08 bits per heavy atom. The quantitative estimate of drug-likeness (QED) is 0.309. The minimum atomic E-state index is 0.679. The van der Waals surface area contributed by atoms with E-state index in [1.807, 2.05) is 5.57 Å². The predicted octanol–water partition coefficient (Wildman–Crippen LogP) is 8.03. The molecular weight excluding hydrogens is 300 g/mol. The molecule has 0 bridgehead atoms. The molecule has 0 aromatic rings. The summed E-state index contributed by atoms with van der Waals surface area (Å²) in [6.07, 6.45) is 18.6. The molecule has 3 aliphatic carbocycles. The largest absolute Gasteiger partial charge is 0.0848 e. The second kappa shape index (κ2) is 8.18. The minimum Gasteiger partial charge on any atom is -0.0848 e. The Morgan fingerprint density at radius 2 is 1.88 bits per heavy atom. The van der Waals surface area contributed by atoms with Crippen LogP contribution in [0.25, 0.3) is 0 Å². The molecule has 0 nitrogen and oxygen atoms in total. The van der Waals surface area contributed by atoms with Gasteiger partial charge in [-0.25, -0.2) is 0 Å². The van der Waals surface area contributed by atoms with Crippen LogP contribution >= 0.6 is 0 Å². The van der Waals surface area contributed by atoms with Crippen LogP contribution in [0.5, 0.6) is 0 Å². The van der Waals surface area contributed by atoms with Crippen molar-refractivity contribution in [2.45, 2.75) is 105 Å². The molecule has 0 amide bonds. The Bertz CT molecular complexity index is 455. The van der Waals surface area contributed by atoms with Crippen LogP contribution in [-0.2, 0) is 0 Å². The lowest BCUT2D eigenvalue weighted by Crippen LogP contribution is -2.53. The number of hydrogen-bond acceptors (Lipinski definition) is 0. The van der Waals surface area contributed by atoms with E-state index in [-0.39, 0.29) is 0 Å². The molecular formula is C25H44. The van der Waals surface area contributed by atoms with E-state index in [1.54, 1.807) is 6.42 Å². The molecule has 0 N–H and O–H groups in total. The number of allylic oxidation sites excluding steroid dienone is 2. The Kier molecular flexibility index (Phi) is 6.38. The van der Waals surface area contributed by atoms with Crippen LogP contribution in [0, 0.1) is 40.9 Å². The number of rotatable bonds is 8. The van der Waals surface area contributed by atoms with Gasteiger partial charge in [0.05, 0.1) is 0 Å². The normalized spacial score (nSPS) is 41.1. The Morgan fingerprint density at radius 3 is 2.52 bits per heavy atom. The Hall–Kier alpha value is -0.260. The fraction of sp³-hybridized carbons (Fsp3) is 0.920. The molecule has 3 fully saturated rings. The maximum absolute atomic E-state index is 2.70. The third kappa shape index (κ3) is 3.74. The second-order valence-corrected chi connectivity index (χ2v) is 10.2. The zero-order valence-electron chi connectivity index (χ0n) is 17.8. The van der Waals surface area contributed by atoms with Crippen LogP contribution in [0.4, 0.5) is 0 Å². The van der Waals surface area contributed by atoms with Crippen molar-refractivity contribution >= 4 is 0 Å². The first-order valence-electron chi connectivity index (χ1n) is 11.7. The van der Waals surface area contributed by atoms with E-state index in [0.717, 1.165) is 35.5 Å². The average Bonchev–Trinajstić information content (AvgIpc) is 2.62. The van der Waals surface area contributed by atoms with Crippen molar-refractivity contribution in [2.75, 3.05) is 0 Å². The van der Waals surface area contributed by atoms with E-state index in [1.165, 1.54) is 64.2 Å². The highest BCUT2D eigenvalue weighted by Crippen LogP contribution is 2.65. The first-order valence-corrected chi connectivity index (χ1v) is 11.7. The predicted molar refractivity (Wildman–Crippen MR) is 111 cm³/mol. The van der Waals surface area contributed by atoms with Gasteiger partial charge >= 0.3 is 0 Å². The third-order valence-corrected chi connectivity index (χ3v) is 9.18. The summed E-state index contributed by atoms with van der Waals surface area (Å²) >= 11 is 0. The summed E-state index contributed by atoms with van der Waals surface area (Å²) < 4.78 is 0. The maximum atomic E-state index is 2.70. The van der Waals surface area contributed by atoms with Gasteiger partial charge < -0.3 is 0 Å². The van der Waals surface area contributed by atoms with Gasteiger partial charge in [-0.05, 0) is 85.9 Å². The Labute approximate surface area is 158 Å². The van der Waals surface area contributed by atoms with Crippen LogP contribution in [0.2, 0.25) is 0 Å². The van der Waals surface area contributed by atoms with Crippen molar-refractivity contribution in [1.82, 2.24) is 0 Å². The number of hydrogen-bond donors (Lipinski definition) is 0. The molecule has 3 saturated carbocycles. The van der Waals surface area contributed by atoms with Gasteiger partial charge in [0.15, 0.2) is 0 Å². The fourth-order valence-corrected chi connectivity index (χ4v) is 6.75. The third-order valence-electron chi connectivity index (χ3n) is 9.18. The van der Waals surface area contributed by atoms with E-state index < -0.39 is 0 Å². The van der Waals surface area contributed by atoms with Gasteiger partial charge in [-0.1, -0.05) is 72.0 Å². The molecule has 25 heavy (non-hydrogen) atoms. The highest BCUT2D eigenvalue weighted by Gasteiger charge is 2.55. The highest BCUT2D eigenvalue weighted by atomic mass is 14.6. The van der Waals surface area contributed by atoms with Crippen LogP contribution in [0.15, 0.2) is 11.6 Å². The molecule has 0 radical (unpaired) electrons. The van der Waals surface area contributed by atoms with Crippen molar-refractivity contribution in [2.24, 2.45) is 40.9 Å². The van der Waals surface area contributed by atoms with E-state index >= 15 is 0 Å². The molecule has 7 unspecified atom stereocenters. The average molecular weight is 345 g/mol. The van der Waals surface area contributed by atoms with Gasteiger partial charge in [-0.2, -0.15) is 0 Å². The summed E-state index contributed by atoms with van der Waals surface area (Å²) in [5.74, 6) is 6.04. The summed E-state index contributed by atoms with van der Waals surface area (Å²) in [4.78, 5) is 0. The molecule has 3 rings (SSSR count). The van der Waals surface area contributed by atoms with Crippen molar-refractivity contribution < 1.29 is 0 Å². The molecule has 0 aromatic heterocycles. The monoisotopic (exact) mass is 344 g/mol. The molecule has 0 aliphatic heterocycles. The van der Waals surface area contributed by atoms with Gasteiger partial charge in [0.1, 0.15) is 0 Å². The molecule has 144 valence electrons. The van der Waals surface area contributed by atoms with Gasteiger partial charge in [-0.15, -0.1) is 0 Å². The SMILES string of the molecule is CCC(C)C(C)CCCCC=C1CCC12CCC1C(C)C(CC)C1C2. The van der Waals surface area contributed by atoms with E-state index in [9.17, 15) is 0 Å². The van der Waals surface area contributed by atoms with Crippen LogP contribution in [0.1, 0.15) is 105 Å². The zero-order chi connectivity index (χ0) is 18.0. The first-order chi connectivity index (χ1) is 12.0. The van der Waals surface area contributed by atoms with Crippen LogP contribution < -0.4 is 0 Å². The van der Waals surface area contributed by atoms with E-state index in [0.29, 0.717) is 5.41 Å². The molecule has 3 aliphatic rings. The van der Waals surface area contributed by atoms with Crippen LogP contribution in [0.3, 0.4) is 0 Å². The standard InChI is InChI=1S/C25H44/c1-6-18(3)19(4)11-9-8-10-12-21-13-15-25(21)16-14-23-20(5)22(7-2)24(23)17-25/h12,18-20,22-24H,6-11,13-17H2,1-5H3. The summed E-state index contributed by atoms with van der Waals surface area (Å²) in [7, 11) is 0. The number of fused-ring (bicyclic) bond motifs is 1. The summed E-state index contributed by atoms with van der Waals surface area (Å²) in [5, 5.41) is 0. The molecule has 0 aromatic carbocycles. The topological polar surface area (TPSA) is 0 Å². The maximum Gasteiger partial charge on any atom is -0.00821 e. The van der Waals surface area contributed by atoms with Crippen molar-refractivity contribution in [3.8, 4) is 0 Å². The van der Waals surface area contributed by atoms with Crippen molar-refractivity contribution in [3.63, 3.8) is 0 Å². The lowest BCUT2D eigenvalue weighted by Gasteiger charge is -2.61. The first kappa shape index (κ1) is 19.5. The molecule has 0 saturated heterocycles. The lowest BCUT2D eigenvalue weighted by atomic mass is 9.43. The van der Waals surface area contributed by atoms with Gasteiger partial charge in [-0.3, -0.25) is 0 Å². The van der Waals surface area contributed by atoms with E-state index in [4.69, 9.17) is 0 Å². The lowest BCUT2D eigenvalue weighted by molar-refractivity contribution is -0.0911.